The molecule has 0 aliphatic heterocycles. The van der Waals surface area contributed by atoms with Gasteiger partial charge in [-0.15, -0.1) is 0 Å². The first-order chi connectivity index (χ1) is 8.06. The summed E-state index contributed by atoms with van der Waals surface area (Å²) in [4.78, 5) is 15.0. The summed E-state index contributed by atoms with van der Waals surface area (Å²) in [6.07, 6.45) is 5.85. The number of aromatic nitrogens is 1. The molecule has 17 heavy (non-hydrogen) atoms. The van der Waals surface area contributed by atoms with E-state index < -0.39 is 5.97 Å². The molecule has 0 bridgehead atoms. The maximum Gasteiger partial charge on any atom is 0.337 e. The second kappa shape index (κ2) is 4.74. The first-order valence-corrected chi connectivity index (χ1v) is 6.84. The summed E-state index contributed by atoms with van der Waals surface area (Å²) in [5.74, 6) is -0.474. The SMILES string of the molecule is CSC1(CNc2cc(C(=O)O)c(Cl)cn2)CC1. The lowest BCUT2D eigenvalue weighted by atomic mass is 10.2. The highest BCUT2D eigenvalue weighted by Crippen LogP contribution is 2.46. The molecule has 92 valence electrons. The largest absolute Gasteiger partial charge is 0.478 e. The summed E-state index contributed by atoms with van der Waals surface area (Å²) in [5, 5.41) is 12.3. The molecule has 0 radical (unpaired) electrons. The van der Waals surface area contributed by atoms with Crippen LogP contribution in [-0.4, -0.2) is 33.6 Å². The molecule has 0 spiro atoms. The van der Waals surface area contributed by atoms with Crippen LogP contribution in [-0.2, 0) is 0 Å². The molecular weight excluding hydrogens is 260 g/mol. The zero-order chi connectivity index (χ0) is 12.5. The molecule has 1 aromatic rings. The predicted octanol–water partition coefficient (Wildman–Crippen LogP) is 2.74. The van der Waals surface area contributed by atoms with E-state index >= 15 is 0 Å². The fraction of sp³-hybridized carbons (Fsp3) is 0.455. The summed E-state index contributed by atoms with van der Waals surface area (Å²) in [6, 6.07) is 1.47. The van der Waals surface area contributed by atoms with Crippen molar-refractivity contribution in [2.75, 3.05) is 18.1 Å². The van der Waals surface area contributed by atoms with Crippen molar-refractivity contribution >= 4 is 35.1 Å². The van der Waals surface area contributed by atoms with E-state index in [1.54, 1.807) is 0 Å². The van der Waals surface area contributed by atoms with Gasteiger partial charge in [-0.1, -0.05) is 11.6 Å². The molecule has 1 saturated carbocycles. The predicted molar refractivity (Wildman–Crippen MR) is 70.2 cm³/mol. The standard InChI is InChI=1S/C11H13ClN2O2S/c1-17-11(2-3-11)6-14-9-4-7(10(15)16)8(12)5-13-9/h4-5H,2-3,6H2,1H3,(H,13,14)(H,15,16). The van der Waals surface area contributed by atoms with E-state index in [0.717, 1.165) is 6.54 Å². The van der Waals surface area contributed by atoms with Gasteiger partial charge in [-0.2, -0.15) is 11.8 Å². The molecule has 1 fully saturated rings. The topological polar surface area (TPSA) is 62.2 Å². The van der Waals surface area contributed by atoms with Gasteiger partial charge in [0.05, 0.1) is 10.6 Å². The molecule has 0 aromatic carbocycles. The van der Waals surface area contributed by atoms with Gasteiger partial charge in [-0.3, -0.25) is 0 Å². The summed E-state index contributed by atoms with van der Waals surface area (Å²) in [7, 11) is 0. The molecular formula is C11H13ClN2O2S. The molecule has 2 N–H and O–H groups in total. The average molecular weight is 273 g/mol. The highest BCUT2D eigenvalue weighted by atomic mass is 35.5. The van der Waals surface area contributed by atoms with E-state index in [1.165, 1.54) is 25.1 Å². The molecule has 1 heterocycles. The molecule has 1 aromatic heterocycles. The fourth-order valence-corrected chi connectivity index (χ4v) is 2.45. The highest BCUT2D eigenvalue weighted by Gasteiger charge is 2.41. The van der Waals surface area contributed by atoms with Crippen molar-refractivity contribution in [2.45, 2.75) is 17.6 Å². The Morgan fingerprint density at radius 3 is 2.94 bits per heavy atom. The number of carbonyl (C=O) groups is 1. The molecule has 0 amide bonds. The zero-order valence-electron chi connectivity index (χ0n) is 9.36. The number of thioether (sulfide) groups is 1. The molecule has 1 aliphatic carbocycles. The molecule has 0 atom stereocenters. The second-order valence-electron chi connectivity index (χ2n) is 4.10. The Labute approximate surface area is 109 Å². The number of nitrogens with one attached hydrogen (secondary N) is 1. The summed E-state index contributed by atoms with van der Waals surface area (Å²) in [5.41, 5.74) is 0.0816. The van der Waals surface area contributed by atoms with Crippen LogP contribution in [0.2, 0.25) is 5.02 Å². The van der Waals surface area contributed by atoms with Gasteiger partial charge >= 0.3 is 5.97 Å². The highest BCUT2D eigenvalue weighted by molar-refractivity contribution is 8.00. The van der Waals surface area contributed by atoms with Crippen molar-refractivity contribution in [3.8, 4) is 0 Å². The van der Waals surface area contributed by atoms with Gasteiger partial charge in [-0.05, 0) is 25.2 Å². The van der Waals surface area contributed by atoms with Gasteiger partial charge in [0.1, 0.15) is 5.82 Å². The maximum atomic E-state index is 10.9. The van der Waals surface area contributed by atoms with E-state index in [2.05, 4.69) is 16.6 Å². The van der Waals surface area contributed by atoms with E-state index in [0.29, 0.717) is 10.6 Å². The summed E-state index contributed by atoms with van der Waals surface area (Å²) < 4.78 is 0.310. The van der Waals surface area contributed by atoms with Crippen LogP contribution in [0.4, 0.5) is 5.82 Å². The van der Waals surface area contributed by atoms with Crippen LogP contribution in [0.15, 0.2) is 12.3 Å². The van der Waals surface area contributed by atoms with Crippen molar-refractivity contribution in [1.29, 1.82) is 0 Å². The minimum absolute atomic E-state index is 0.0816. The fourth-order valence-electron chi connectivity index (χ4n) is 1.54. The lowest BCUT2D eigenvalue weighted by molar-refractivity contribution is 0.0697. The van der Waals surface area contributed by atoms with Gasteiger partial charge < -0.3 is 10.4 Å². The van der Waals surface area contributed by atoms with Crippen LogP contribution in [0, 0.1) is 0 Å². The normalized spacial score (nSPS) is 16.6. The van der Waals surface area contributed by atoms with E-state index in [-0.39, 0.29) is 10.6 Å². The molecule has 1 aliphatic rings. The number of hydrogen-bond donors (Lipinski definition) is 2. The minimum Gasteiger partial charge on any atom is -0.478 e. The lowest BCUT2D eigenvalue weighted by Crippen LogP contribution is -2.18. The number of rotatable bonds is 5. The van der Waals surface area contributed by atoms with Gasteiger partial charge in [0.2, 0.25) is 0 Å². The number of carboxylic acids is 1. The molecule has 6 heteroatoms. The monoisotopic (exact) mass is 272 g/mol. The number of anilines is 1. The minimum atomic E-state index is -1.04. The second-order valence-corrected chi connectivity index (χ2v) is 5.78. The van der Waals surface area contributed by atoms with Gasteiger partial charge in [0, 0.05) is 17.5 Å². The summed E-state index contributed by atoms with van der Waals surface area (Å²) in [6.45, 7) is 0.807. The van der Waals surface area contributed by atoms with Crippen LogP contribution in [0.3, 0.4) is 0 Å². The van der Waals surface area contributed by atoms with Crippen LogP contribution in [0.1, 0.15) is 23.2 Å². The molecule has 4 nitrogen and oxygen atoms in total. The van der Waals surface area contributed by atoms with Crippen LogP contribution >= 0.6 is 23.4 Å². The smallest absolute Gasteiger partial charge is 0.337 e. The van der Waals surface area contributed by atoms with Crippen molar-refractivity contribution in [2.24, 2.45) is 0 Å². The zero-order valence-corrected chi connectivity index (χ0v) is 10.9. The van der Waals surface area contributed by atoms with Crippen LogP contribution in [0.25, 0.3) is 0 Å². The van der Waals surface area contributed by atoms with E-state index in [1.807, 2.05) is 11.8 Å². The number of nitrogens with zero attached hydrogens (tertiary/aromatic N) is 1. The number of carboxylic acid groups (broad SMARTS) is 1. The van der Waals surface area contributed by atoms with Crippen LogP contribution < -0.4 is 5.32 Å². The Kier molecular flexibility index (Phi) is 3.49. The molecule has 2 rings (SSSR count). The summed E-state index contributed by atoms with van der Waals surface area (Å²) >= 11 is 7.58. The lowest BCUT2D eigenvalue weighted by Gasteiger charge is -2.13. The van der Waals surface area contributed by atoms with Crippen molar-refractivity contribution < 1.29 is 9.90 Å². The molecule has 0 unspecified atom stereocenters. The third-order valence-electron chi connectivity index (χ3n) is 2.92. The molecule has 0 saturated heterocycles. The van der Waals surface area contributed by atoms with Crippen molar-refractivity contribution in [3.63, 3.8) is 0 Å². The van der Waals surface area contributed by atoms with E-state index in [9.17, 15) is 4.79 Å². The van der Waals surface area contributed by atoms with E-state index in [4.69, 9.17) is 16.7 Å². The van der Waals surface area contributed by atoms with Crippen molar-refractivity contribution in [3.05, 3.63) is 22.8 Å². The number of pyridine rings is 1. The number of hydrogen-bond acceptors (Lipinski definition) is 4. The Bertz CT molecular complexity index is 449. The Balaban J connectivity index is 2.06. The number of halogens is 1. The Hall–Kier alpha value is -0.940. The average Bonchev–Trinajstić information content (AvgIpc) is 3.08. The number of aromatic carboxylic acids is 1. The first kappa shape index (κ1) is 12.5. The first-order valence-electron chi connectivity index (χ1n) is 5.24. The quantitative estimate of drug-likeness (QED) is 0.863. The Morgan fingerprint density at radius 1 is 1.71 bits per heavy atom. The van der Waals surface area contributed by atoms with Gasteiger partial charge in [0.25, 0.3) is 0 Å². The third-order valence-corrected chi connectivity index (χ3v) is 4.64. The third kappa shape index (κ3) is 2.84. The Morgan fingerprint density at radius 2 is 2.41 bits per heavy atom. The maximum absolute atomic E-state index is 10.9. The van der Waals surface area contributed by atoms with Gasteiger partial charge in [0.15, 0.2) is 0 Å². The van der Waals surface area contributed by atoms with Crippen molar-refractivity contribution in [1.82, 2.24) is 4.98 Å². The van der Waals surface area contributed by atoms with Crippen LogP contribution in [0.5, 0.6) is 0 Å². The van der Waals surface area contributed by atoms with Gasteiger partial charge in [-0.25, -0.2) is 9.78 Å².